The molecule has 7 nitrogen and oxygen atoms in total. The number of hydrogen-bond donors (Lipinski definition) is 1. The first-order chi connectivity index (χ1) is 12.8. The number of aromatic nitrogens is 5. The molecule has 1 aliphatic carbocycles. The van der Waals surface area contributed by atoms with Gasteiger partial charge in [0.05, 0.1) is 28.4 Å². The van der Waals surface area contributed by atoms with Crippen molar-refractivity contribution in [2.24, 2.45) is 14.1 Å². The summed E-state index contributed by atoms with van der Waals surface area (Å²) < 4.78 is 3.63. The summed E-state index contributed by atoms with van der Waals surface area (Å²) in [4.78, 5) is 18.0. The number of hydrogen-bond acceptors (Lipinski definition) is 4. The molecule has 1 amide bonds. The van der Waals surface area contributed by atoms with Gasteiger partial charge in [-0.3, -0.25) is 14.2 Å². The highest BCUT2D eigenvalue weighted by Crippen LogP contribution is 2.40. The third-order valence-corrected chi connectivity index (χ3v) is 5.57. The lowest BCUT2D eigenvalue weighted by Crippen LogP contribution is -2.28. The Hall–Kier alpha value is -2.70. The summed E-state index contributed by atoms with van der Waals surface area (Å²) in [5.74, 6) is 0.381. The number of nitrogens with one attached hydrogen (secondary N) is 1. The summed E-state index contributed by atoms with van der Waals surface area (Å²) >= 11 is 0. The Kier molecular flexibility index (Phi) is 4.05. The molecule has 3 aromatic heterocycles. The Balaban J connectivity index is 1.74. The smallest absolute Gasteiger partial charge is 0.252 e. The fraction of sp³-hybridized carbons (Fsp3) is 0.500. The van der Waals surface area contributed by atoms with Crippen molar-refractivity contribution < 1.29 is 4.79 Å². The molecule has 1 atom stereocenters. The maximum absolute atomic E-state index is 13.2. The van der Waals surface area contributed by atoms with Crippen LogP contribution >= 0.6 is 0 Å². The lowest BCUT2D eigenvalue weighted by atomic mass is 10.0. The van der Waals surface area contributed by atoms with Crippen LogP contribution in [-0.2, 0) is 14.1 Å². The molecule has 1 fully saturated rings. The van der Waals surface area contributed by atoms with Gasteiger partial charge in [0.2, 0.25) is 0 Å². The second-order valence-electron chi connectivity index (χ2n) is 7.68. The first-order valence-electron chi connectivity index (χ1n) is 9.43. The molecular formula is C20H26N6O. The van der Waals surface area contributed by atoms with E-state index in [1.165, 1.54) is 0 Å². The third kappa shape index (κ3) is 2.91. The van der Waals surface area contributed by atoms with Crippen LogP contribution < -0.4 is 5.32 Å². The SMILES string of the molecule is Cc1nn(C)c(C)c1C(C)NC(=O)c1cc(C2CC2)nc2c1c(C)nn2C. The van der Waals surface area contributed by atoms with Gasteiger partial charge in [-0.05, 0) is 46.6 Å². The number of amides is 1. The second kappa shape index (κ2) is 6.18. The topological polar surface area (TPSA) is 77.6 Å². The molecule has 1 aliphatic rings. The summed E-state index contributed by atoms with van der Waals surface area (Å²) in [5, 5.41) is 13.0. The van der Waals surface area contributed by atoms with Crippen molar-refractivity contribution in [3.63, 3.8) is 0 Å². The zero-order valence-corrected chi connectivity index (χ0v) is 16.8. The number of pyridine rings is 1. The van der Waals surface area contributed by atoms with Crippen LogP contribution in [0.25, 0.3) is 11.0 Å². The van der Waals surface area contributed by atoms with Crippen LogP contribution in [0.15, 0.2) is 6.07 Å². The molecule has 142 valence electrons. The van der Waals surface area contributed by atoms with Gasteiger partial charge in [0, 0.05) is 37.0 Å². The number of carbonyl (C=O) groups excluding carboxylic acids is 1. The molecule has 3 heterocycles. The monoisotopic (exact) mass is 366 g/mol. The molecule has 1 saturated carbocycles. The second-order valence-corrected chi connectivity index (χ2v) is 7.68. The molecule has 0 radical (unpaired) electrons. The number of aryl methyl sites for hydroxylation is 4. The highest BCUT2D eigenvalue weighted by atomic mass is 16.1. The minimum atomic E-state index is -0.129. The summed E-state index contributed by atoms with van der Waals surface area (Å²) in [6.07, 6.45) is 2.28. The zero-order chi connectivity index (χ0) is 19.5. The number of nitrogens with zero attached hydrogens (tertiary/aromatic N) is 5. The Morgan fingerprint density at radius 3 is 2.41 bits per heavy atom. The molecule has 0 bridgehead atoms. The molecule has 0 saturated heterocycles. The molecule has 0 aromatic carbocycles. The standard InChI is InChI=1S/C20H26N6O/c1-10(17-11(2)23-25(5)13(17)4)21-20(27)15-9-16(14-7-8-14)22-19-18(15)12(3)24-26(19)6/h9-10,14H,7-8H2,1-6H3,(H,21,27). The molecule has 1 N–H and O–H groups in total. The lowest BCUT2D eigenvalue weighted by Gasteiger charge is -2.16. The lowest BCUT2D eigenvalue weighted by molar-refractivity contribution is 0.0941. The summed E-state index contributed by atoms with van der Waals surface area (Å²) in [6, 6.07) is 1.83. The van der Waals surface area contributed by atoms with Crippen molar-refractivity contribution in [1.29, 1.82) is 0 Å². The average molecular weight is 366 g/mol. The van der Waals surface area contributed by atoms with E-state index in [4.69, 9.17) is 4.98 Å². The van der Waals surface area contributed by atoms with Crippen LogP contribution in [0.5, 0.6) is 0 Å². The van der Waals surface area contributed by atoms with E-state index in [0.717, 1.165) is 52.2 Å². The van der Waals surface area contributed by atoms with Crippen molar-refractivity contribution in [3.05, 3.63) is 40.0 Å². The first kappa shape index (κ1) is 17.7. The highest BCUT2D eigenvalue weighted by molar-refractivity contribution is 6.06. The molecule has 4 rings (SSSR count). The maximum Gasteiger partial charge on any atom is 0.252 e. The zero-order valence-electron chi connectivity index (χ0n) is 16.8. The van der Waals surface area contributed by atoms with Crippen molar-refractivity contribution in [2.45, 2.75) is 52.5 Å². The van der Waals surface area contributed by atoms with Crippen molar-refractivity contribution >= 4 is 16.9 Å². The largest absolute Gasteiger partial charge is 0.345 e. The summed E-state index contributed by atoms with van der Waals surface area (Å²) in [5.41, 5.74) is 6.35. The molecule has 0 spiro atoms. The molecule has 1 unspecified atom stereocenters. The molecular weight excluding hydrogens is 340 g/mol. The van der Waals surface area contributed by atoms with E-state index < -0.39 is 0 Å². The van der Waals surface area contributed by atoms with Gasteiger partial charge in [0.25, 0.3) is 5.91 Å². The van der Waals surface area contributed by atoms with Crippen LogP contribution in [0.1, 0.15) is 70.4 Å². The van der Waals surface area contributed by atoms with Crippen molar-refractivity contribution in [1.82, 2.24) is 29.9 Å². The summed E-state index contributed by atoms with van der Waals surface area (Å²) in [6.45, 7) is 7.94. The van der Waals surface area contributed by atoms with Gasteiger partial charge >= 0.3 is 0 Å². The third-order valence-electron chi connectivity index (χ3n) is 5.57. The van der Waals surface area contributed by atoms with E-state index in [-0.39, 0.29) is 11.9 Å². The summed E-state index contributed by atoms with van der Waals surface area (Å²) in [7, 11) is 3.80. The van der Waals surface area contributed by atoms with Crippen molar-refractivity contribution in [3.8, 4) is 0 Å². The molecule has 3 aromatic rings. The fourth-order valence-corrected chi connectivity index (χ4v) is 3.99. The Morgan fingerprint density at radius 1 is 1.15 bits per heavy atom. The van der Waals surface area contributed by atoms with E-state index in [2.05, 4.69) is 15.5 Å². The van der Waals surface area contributed by atoms with Gasteiger partial charge in [-0.25, -0.2) is 4.98 Å². The van der Waals surface area contributed by atoms with E-state index >= 15 is 0 Å². The van der Waals surface area contributed by atoms with Gasteiger partial charge in [-0.15, -0.1) is 0 Å². The number of rotatable bonds is 4. The van der Waals surface area contributed by atoms with E-state index in [1.54, 1.807) is 4.68 Å². The minimum absolute atomic E-state index is 0.0875. The first-order valence-corrected chi connectivity index (χ1v) is 9.43. The van der Waals surface area contributed by atoms with Gasteiger partial charge in [-0.1, -0.05) is 0 Å². The quantitative estimate of drug-likeness (QED) is 0.770. The van der Waals surface area contributed by atoms with Gasteiger partial charge in [0.1, 0.15) is 0 Å². The van der Waals surface area contributed by atoms with Crippen LogP contribution in [-0.4, -0.2) is 30.5 Å². The van der Waals surface area contributed by atoms with E-state index in [9.17, 15) is 4.79 Å². The number of fused-ring (bicyclic) bond motifs is 1. The van der Waals surface area contributed by atoms with Gasteiger partial charge in [0.15, 0.2) is 5.65 Å². The predicted octanol–water partition coefficient (Wildman–Crippen LogP) is 3.00. The van der Waals surface area contributed by atoms with Gasteiger partial charge in [-0.2, -0.15) is 10.2 Å². The highest BCUT2D eigenvalue weighted by Gasteiger charge is 2.29. The van der Waals surface area contributed by atoms with Crippen LogP contribution in [0, 0.1) is 20.8 Å². The molecule has 7 heteroatoms. The van der Waals surface area contributed by atoms with E-state index in [0.29, 0.717) is 11.5 Å². The van der Waals surface area contributed by atoms with Crippen LogP contribution in [0.4, 0.5) is 0 Å². The van der Waals surface area contributed by atoms with Crippen molar-refractivity contribution in [2.75, 3.05) is 0 Å². The van der Waals surface area contributed by atoms with E-state index in [1.807, 2.05) is 52.5 Å². The Morgan fingerprint density at radius 2 is 1.81 bits per heavy atom. The Bertz CT molecular complexity index is 1060. The average Bonchev–Trinajstić information content (AvgIpc) is 3.36. The molecule has 27 heavy (non-hydrogen) atoms. The fourth-order valence-electron chi connectivity index (χ4n) is 3.99. The number of carbonyl (C=O) groups is 1. The molecule has 0 aliphatic heterocycles. The predicted molar refractivity (Wildman–Crippen MR) is 104 cm³/mol. The Labute approximate surface area is 158 Å². The van der Waals surface area contributed by atoms with Gasteiger partial charge < -0.3 is 5.32 Å². The maximum atomic E-state index is 13.2. The normalized spacial score (nSPS) is 15.3. The van der Waals surface area contributed by atoms with Crippen LogP contribution in [0.3, 0.4) is 0 Å². The van der Waals surface area contributed by atoms with Crippen LogP contribution in [0.2, 0.25) is 0 Å². The minimum Gasteiger partial charge on any atom is -0.345 e.